The van der Waals surface area contributed by atoms with Crippen LogP contribution < -0.4 is 27.4 Å². The lowest BCUT2D eigenvalue weighted by molar-refractivity contribution is -0.144. The number of aromatic nitrogens is 1. The fraction of sp³-hybridized carbons (Fsp3) is 0.391. The van der Waals surface area contributed by atoms with E-state index in [-0.39, 0.29) is 12.8 Å². The molecule has 0 radical (unpaired) electrons. The van der Waals surface area contributed by atoms with Crippen LogP contribution in [-0.2, 0) is 35.2 Å². The predicted octanol–water partition coefficient (Wildman–Crippen LogP) is -2.69. The molecule has 206 valence electrons. The summed E-state index contributed by atoms with van der Waals surface area (Å²) in [5.74, 6) is -6.77. The van der Waals surface area contributed by atoms with E-state index in [0.717, 1.165) is 16.5 Å². The first-order valence-electron chi connectivity index (χ1n) is 11.5. The van der Waals surface area contributed by atoms with Crippen molar-refractivity contribution in [3.63, 3.8) is 0 Å². The summed E-state index contributed by atoms with van der Waals surface area (Å²) in [6.45, 7) is -0.972. The maximum Gasteiger partial charge on any atom is 0.326 e. The number of benzene rings is 1. The molecule has 1 aromatic carbocycles. The topological polar surface area (TPSA) is 267 Å². The molecule has 11 N–H and O–H groups in total. The molecule has 4 amide bonds. The van der Waals surface area contributed by atoms with Gasteiger partial charge in [-0.3, -0.25) is 24.0 Å². The molecule has 0 saturated heterocycles. The Balaban J connectivity index is 2.09. The van der Waals surface area contributed by atoms with Crippen LogP contribution in [-0.4, -0.2) is 86.6 Å². The third-order valence-electron chi connectivity index (χ3n) is 5.57. The summed E-state index contributed by atoms with van der Waals surface area (Å²) in [5.41, 5.74) is 12.6. The van der Waals surface area contributed by atoms with E-state index in [1.54, 1.807) is 6.20 Å². The third-order valence-corrected chi connectivity index (χ3v) is 5.57. The van der Waals surface area contributed by atoms with Crippen LogP contribution in [0.2, 0.25) is 0 Å². The van der Waals surface area contributed by atoms with Crippen molar-refractivity contribution in [3.8, 4) is 0 Å². The van der Waals surface area contributed by atoms with E-state index >= 15 is 0 Å². The number of aliphatic hydroxyl groups excluding tert-OH is 1. The average Bonchev–Trinajstić information content (AvgIpc) is 3.26. The second kappa shape index (κ2) is 13.7. The van der Waals surface area contributed by atoms with Crippen LogP contribution in [0, 0.1) is 0 Å². The van der Waals surface area contributed by atoms with E-state index in [9.17, 15) is 33.9 Å². The van der Waals surface area contributed by atoms with Crippen LogP contribution in [0.4, 0.5) is 0 Å². The number of nitrogens with one attached hydrogen (secondary N) is 4. The highest BCUT2D eigenvalue weighted by molar-refractivity contribution is 5.95. The zero-order chi connectivity index (χ0) is 28.4. The van der Waals surface area contributed by atoms with Gasteiger partial charge in [0.05, 0.1) is 19.1 Å². The predicted molar refractivity (Wildman–Crippen MR) is 131 cm³/mol. The lowest BCUT2D eigenvalue weighted by atomic mass is 10.0. The first-order valence-corrected chi connectivity index (χ1v) is 11.5. The number of carbonyl (C=O) groups is 6. The van der Waals surface area contributed by atoms with Crippen molar-refractivity contribution in [3.05, 3.63) is 36.0 Å². The number of aliphatic carboxylic acids is 2. The quantitative estimate of drug-likeness (QED) is 0.114. The number of aliphatic hydroxyl groups is 1. The standard InChI is InChI=1S/C23H30N6O9/c24-13(7-11-9-26-14-4-2-1-3-12(11)14)20(34)27-15(5-6-19(32)33)21(35)29-17(10-30)22(36)28-16(23(37)38)8-18(25)31/h1-4,9,13,15-17,26,30H,5-8,10,24H2,(H2,25,31)(H,27,34)(H,28,36)(H,29,35)(H,32,33)(H,37,38). The van der Waals surface area contributed by atoms with Gasteiger partial charge in [0.2, 0.25) is 23.6 Å². The number of aromatic amines is 1. The molecule has 38 heavy (non-hydrogen) atoms. The first-order chi connectivity index (χ1) is 17.9. The summed E-state index contributed by atoms with van der Waals surface area (Å²) in [7, 11) is 0. The van der Waals surface area contributed by atoms with E-state index in [1.807, 2.05) is 29.6 Å². The van der Waals surface area contributed by atoms with Gasteiger partial charge in [0.25, 0.3) is 0 Å². The summed E-state index contributed by atoms with van der Waals surface area (Å²) in [5, 5.41) is 35.0. The number of hydrogen-bond acceptors (Lipinski definition) is 8. The van der Waals surface area contributed by atoms with Gasteiger partial charge in [-0.25, -0.2) is 4.79 Å². The van der Waals surface area contributed by atoms with Crippen LogP contribution in [0.3, 0.4) is 0 Å². The number of amides is 4. The number of carboxylic acids is 2. The molecule has 4 unspecified atom stereocenters. The normalized spacial score (nSPS) is 14.1. The maximum absolute atomic E-state index is 12.8. The van der Waals surface area contributed by atoms with Crippen LogP contribution in [0.15, 0.2) is 30.5 Å². The minimum absolute atomic E-state index is 0.0984. The summed E-state index contributed by atoms with van der Waals surface area (Å²) in [6.07, 6.45) is 0.164. The van der Waals surface area contributed by atoms with Gasteiger partial charge in [-0.05, 0) is 24.5 Å². The molecule has 15 heteroatoms. The Morgan fingerprint density at radius 1 is 0.895 bits per heavy atom. The molecule has 15 nitrogen and oxygen atoms in total. The lowest BCUT2D eigenvalue weighted by Gasteiger charge is -2.24. The van der Waals surface area contributed by atoms with Gasteiger partial charge >= 0.3 is 11.9 Å². The smallest absolute Gasteiger partial charge is 0.326 e. The number of primary amides is 1. The van der Waals surface area contributed by atoms with Crippen LogP contribution in [0.25, 0.3) is 10.9 Å². The van der Waals surface area contributed by atoms with Gasteiger partial charge in [0.15, 0.2) is 0 Å². The van der Waals surface area contributed by atoms with E-state index in [1.165, 1.54) is 0 Å². The molecular formula is C23H30N6O9. The molecule has 0 spiro atoms. The van der Waals surface area contributed by atoms with Crippen LogP contribution in [0.1, 0.15) is 24.8 Å². The van der Waals surface area contributed by atoms with Gasteiger partial charge < -0.3 is 47.7 Å². The van der Waals surface area contributed by atoms with Crippen LogP contribution >= 0.6 is 0 Å². The maximum atomic E-state index is 12.8. The number of H-pyrrole nitrogens is 1. The van der Waals surface area contributed by atoms with Crippen molar-refractivity contribution >= 4 is 46.5 Å². The highest BCUT2D eigenvalue weighted by atomic mass is 16.4. The summed E-state index contributed by atoms with van der Waals surface area (Å²) < 4.78 is 0. The highest BCUT2D eigenvalue weighted by Gasteiger charge is 2.31. The lowest BCUT2D eigenvalue weighted by Crippen LogP contribution is -2.58. The molecule has 1 aromatic heterocycles. The molecule has 2 aromatic rings. The van der Waals surface area contributed by atoms with Crippen LogP contribution in [0.5, 0.6) is 0 Å². The Kier molecular flexibility index (Phi) is 10.7. The number of carboxylic acid groups (broad SMARTS) is 2. The molecule has 0 saturated carbocycles. The summed E-state index contributed by atoms with van der Waals surface area (Å²) in [6, 6.07) is 1.38. The van der Waals surface area contributed by atoms with Gasteiger partial charge in [0, 0.05) is 23.5 Å². The second-order valence-electron chi connectivity index (χ2n) is 8.48. The SMILES string of the molecule is NC(=O)CC(NC(=O)C(CO)NC(=O)C(CCC(=O)O)NC(=O)C(N)Cc1c[nH]c2ccccc12)C(=O)O. The van der Waals surface area contributed by atoms with Crippen molar-refractivity contribution in [2.45, 2.75) is 49.9 Å². The van der Waals surface area contributed by atoms with Crippen molar-refractivity contribution in [2.24, 2.45) is 11.5 Å². The third kappa shape index (κ3) is 8.56. The van der Waals surface area contributed by atoms with Gasteiger partial charge in [-0.2, -0.15) is 0 Å². The largest absolute Gasteiger partial charge is 0.481 e. The number of hydrogen-bond donors (Lipinski definition) is 9. The second-order valence-corrected chi connectivity index (χ2v) is 8.48. The Morgan fingerprint density at radius 3 is 2.11 bits per heavy atom. The highest BCUT2D eigenvalue weighted by Crippen LogP contribution is 2.18. The molecule has 0 aliphatic carbocycles. The molecule has 2 rings (SSSR count). The number of rotatable bonds is 15. The number of para-hydroxylation sites is 1. The number of fused-ring (bicyclic) bond motifs is 1. The Hall–Kier alpha value is -4.50. The van der Waals surface area contributed by atoms with Crippen molar-refractivity contribution < 1.29 is 44.1 Å². The number of carbonyl (C=O) groups excluding carboxylic acids is 4. The first kappa shape index (κ1) is 29.7. The Morgan fingerprint density at radius 2 is 1.50 bits per heavy atom. The van der Waals surface area contributed by atoms with Crippen molar-refractivity contribution in [2.75, 3.05) is 6.61 Å². The Bertz CT molecular complexity index is 1200. The van der Waals surface area contributed by atoms with Gasteiger partial charge in [0.1, 0.15) is 18.1 Å². The minimum atomic E-state index is -1.71. The molecule has 0 aliphatic heterocycles. The monoisotopic (exact) mass is 534 g/mol. The van der Waals surface area contributed by atoms with Crippen molar-refractivity contribution in [1.82, 2.24) is 20.9 Å². The molecule has 4 atom stereocenters. The molecular weight excluding hydrogens is 504 g/mol. The van der Waals surface area contributed by atoms with E-state index in [0.29, 0.717) is 0 Å². The Labute approximate surface area is 215 Å². The summed E-state index contributed by atoms with van der Waals surface area (Å²) >= 11 is 0. The van der Waals surface area contributed by atoms with E-state index in [4.69, 9.17) is 21.7 Å². The minimum Gasteiger partial charge on any atom is -0.481 e. The number of nitrogens with two attached hydrogens (primary N) is 2. The van der Waals surface area contributed by atoms with E-state index < -0.39 is 79.2 Å². The zero-order valence-electron chi connectivity index (χ0n) is 20.2. The molecule has 0 bridgehead atoms. The molecule has 0 fully saturated rings. The van der Waals surface area contributed by atoms with E-state index in [2.05, 4.69) is 15.6 Å². The van der Waals surface area contributed by atoms with Gasteiger partial charge in [-0.15, -0.1) is 0 Å². The molecule has 0 aliphatic rings. The molecule has 1 heterocycles. The fourth-order valence-electron chi connectivity index (χ4n) is 3.59. The summed E-state index contributed by atoms with van der Waals surface area (Å²) in [4.78, 5) is 74.4. The van der Waals surface area contributed by atoms with Crippen molar-refractivity contribution in [1.29, 1.82) is 0 Å². The fourth-order valence-corrected chi connectivity index (χ4v) is 3.59. The average molecular weight is 535 g/mol. The van der Waals surface area contributed by atoms with Gasteiger partial charge in [-0.1, -0.05) is 18.2 Å². The zero-order valence-corrected chi connectivity index (χ0v) is 20.2.